The van der Waals surface area contributed by atoms with E-state index in [0.29, 0.717) is 6.42 Å². The van der Waals surface area contributed by atoms with Crippen molar-refractivity contribution in [2.75, 3.05) is 13.1 Å². The summed E-state index contributed by atoms with van der Waals surface area (Å²) in [6, 6.07) is 0.0376. The molecule has 0 bridgehead atoms. The fourth-order valence-electron chi connectivity index (χ4n) is 3.53. The number of amides is 1. The van der Waals surface area contributed by atoms with Crippen LogP contribution in [0.25, 0.3) is 0 Å². The minimum atomic E-state index is -0.726. The zero-order valence-electron chi connectivity index (χ0n) is 12.3. The van der Waals surface area contributed by atoms with Gasteiger partial charge in [-0.25, -0.2) is 0 Å². The third kappa shape index (κ3) is 3.32. The van der Waals surface area contributed by atoms with Gasteiger partial charge in [-0.05, 0) is 51.6 Å². The molecule has 0 aromatic carbocycles. The maximum atomic E-state index is 12.6. The van der Waals surface area contributed by atoms with Crippen LogP contribution in [-0.2, 0) is 9.59 Å². The average molecular weight is 282 g/mol. The average Bonchev–Trinajstić information content (AvgIpc) is 2.48. The maximum absolute atomic E-state index is 12.6. The van der Waals surface area contributed by atoms with Gasteiger partial charge in [0.05, 0.1) is 11.3 Å². The zero-order chi connectivity index (χ0) is 14.6. The van der Waals surface area contributed by atoms with E-state index in [4.69, 9.17) is 5.11 Å². The summed E-state index contributed by atoms with van der Waals surface area (Å²) in [6.45, 7) is 3.86. The SMILES string of the molecule is CCC1(C(=O)NC2CCCC(C(=O)O)C2)CCNCC1. The lowest BCUT2D eigenvalue weighted by molar-refractivity contribution is -0.144. The van der Waals surface area contributed by atoms with Crippen LogP contribution in [0.15, 0.2) is 0 Å². The van der Waals surface area contributed by atoms with Crippen molar-refractivity contribution in [2.24, 2.45) is 11.3 Å². The zero-order valence-corrected chi connectivity index (χ0v) is 12.3. The van der Waals surface area contributed by atoms with Gasteiger partial charge >= 0.3 is 5.97 Å². The maximum Gasteiger partial charge on any atom is 0.306 e. The molecule has 0 radical (unpaired) electrons. The third-order valence-electron chi connectivity index (χ3n) is 5.08. The summed E-state index contributed by atoms with van der Waals surface area (Å²) in [5, 5.41) is 15.5. The van der Waals surface area contributed by atoms with Crippen LogP contribution in [-0.4, -0.2) is 36.1 Å². The second kappa shape index (κ2) is 6.57. The van der Waals surface area contributed by atoms with Gasteiger partial charge in [0, 0.05) is 6.04 Å². The van der Waals surface area contributed by atoms with E-state index in [1.165, 1.54) is 0 Å². The standard InChI is InChI=1S/C15H26N2O3/c1-2-15(6-8-16-9-7-15)14(20)17-12-5-3-4-11(10-12)13(18)19/h11-12,16H,2-10H2,1H3,(H,17,20)(H,18,19). The van der Waals surface area contributed by atoms with Crippen molar-refractivity contribution in [3.8, 4) is 0 Å². The fourth-order valence-corrected chi connectivity index (χ4v) is 3.53. The second-order valence-electron chi connectivity index (χ2n) is 6.26. The molecule has 1 aliphatic carbocycles. The first-order valence-corrected chi connectivity index (χ1v) is 7.82. The number of carboxylic acid groups (broad SMARTS) is 1. The minimum absolute atomic E-state index is 0.0376. The molecule has 5 heteroatoms. The van der Waals surface area contributed by atoms with Gasteiger partial charge in [-0.15, -0.1) is 0 Å². The van der Waals surface area contributed by atoms with Crippen molar-refractivity contribution in [3.63, 3.8) is 0 Å². The molecule has 2 aliphatic rings. The van der Waals surface area contributed by atoms with Crippen molar-refractivity contribution in [1.29, 1.82) is 0 Å². The van der Waals surface area contributed by atoms with Crippen LogP contribution in [0.3, 0.4) is 0 Å². The van der Waals surface area contributed by atoms with Crippen LogP contribution in [0.5, 0.6) is 0 Å². The first-order chi connectivity index (χ1) is 9.57. The van der Waals surface area contributed by atoms with Gasteiger partial charge in [0.2, 0.25) is 5.91 Å². The van der Waals surface area contributed by atoms with E-state index < -0.39 is 5.97 Å². The highest BCUT2D eigenvalue weighted by Crippen LogP contribution is 2.34. The highest BCUT2D eigenvalue weighted by molar-refractivity contribution is 5.83. The Balaban J connectivity index is 1.94. The lowest BCUT2D eigenvalue weighted by atomic mass is 9.75. The predicted molar refractivity (Wildman–Crippen MR) is 76.4 cm³/mol. The molecule has 2 fully saturated rings. The number of hydrogen-bond donors (Lipinski definition) is 3. The fraction of sp³-hybridized carbons (Fsp3) is 0.867. The second-order valence-corrected chi connectivity index (χ2v) is 6.26. The molecule has 2 unspecified atom stereocenters. The van der Waals surface area contributed by atoms with Crippen molar-refractivity contribution < 1.29 is 14.7 Å². The Morgan fingerprint density at radius 1 is 1.30 bits per heavy atom. The molecule has 1 heterocycles. The minimum Gasteiger partial charge on any atom is -0.481 e. The Bertz CT molecular complexity index is 364. The number of carboxylic acids is 1. The van der Waals surface area contributed by atoms with E-state index >= 15 is 0 Å². The van der Waals surface area contributed by atoms with E-state index in [9.17, 15) is 9.59 Å². The van der Waals surface area contributed by atoms with Crippen LogP contribution in [0.4, 0.5) is 0 Å². The summed E-state index contributed by atoms with van der Waals surface area (Å²) in [5.74, 6) is -0.881. The molecule has 0 aromatic rings. The molecule has 114 valence electrons. The summed E-state index contributed by atoms with van der Waals surface area (Å²) in [6.07, 6.45) is 5.74. The number of rotatable bonds is 4. The van der Waals surface area contributed by atoms with Crippen LogP contribution in [0.1, 0.15) is 51.9 Å². The Labute approximate surface area is 120 Å². The molecule has 3 N–H and O–H groups in total. The van der Waals surface area contributed by atoms with Gasteiger partial charge < -0.3 is 15.7 Å². The van der Waals surface area contributed by atoms with E-state index in [0.717, 1.165) is 51.6 Å². The van der Waals surface area contributed by atoms with E-state index in [1.807, 2.05) is 0 Å². The van der Waals surface area contributed by atoms with Crippen molar-refractivity contribution in [2.45, 2.75) is 57.9 Å². The Morgan fingerprint density at radius 2 is 2.00 bits per heavy atom. The van der Waals surface area contributed by atoms with Crippen LogP contribution < -0.4 is 10.6 Å². The summed E-state index contributed by atoms with van der Waals surface area (Å²) in [5.41, 5.74) is -0.249. The van der Waals surface area contributed by atoms with Gasteiger partial charge in [0.25, 0.3) is 0 Å². The van der Waals surface area contributed by atoms with E-state index in [-0.39, 0.29) is 23.3 Å². The molecule has 1 aliphatic heterocycles. The van der Waals surface area contributed by atoms with Crippen molar-refractivity contribution in [3.05, 3.63) is 0 Å². The van der Waals surface area contributed by atoms with Gasteiger partial charge in [-0.3, -0.25) is 9.59 Å². The third-order valence-corrected chi connectivity index (χ3v) is 5.08. The van der Waals surface area contributed by atoms with Gasteiger partial charge in [-0.2, -0.15) is 0 Å². The molecular formula is C15H26N2O3. The lowest BCUT2D eigenvalue weighted by Crippen LogP contribution is -2.51. The molecule has 2 rings (SSSR count). The summed E-state index contributed by atoms with van der Waals surface area (Å²) >= 11 is 0. The largest absolute Gasteiger partial charge is 0.481 e. The van der Waals surface area contributed by atoms with E-state index in [2.05, 4.69) is 17.6 Å². The van der Waals surface area contributed by atoms with E-state index in [1.54, 1.807) is 0 Å². The monoisotopic (exact) mass is 282 g/mol. The van der Waals surface area contributed by atoms with Gasteiger partial charge in [-0.1, -0.05) is 13.3 Å². The molecule has 0 spiro atoms. The first kappa shape index (κ1) is 15.3. The Morgan fingerprint density at radius 3 is 2.60 bits per heavy atom. The number of carbonyl (C=O) groups is 2. The summed E-state index contributed by atoms with van der Waals surface area (Å²) in [4.78, 5) is 23.7. The highest BCUT2D eigenvalue weighted by atomic mass is 16.4. The van der Waals surface area contributed by atoms with Crippen molar-refractivity contribution in [1.82, 2.24) is 10.6 Å². The Hall–Kier alpha value is -1.10. The van der Waals surface area contributed by atoms with Crippen molar-refractivity contribution >= 4 is 11.9 Å². The first-order valence-electron chi connectivity index (χ1n) is 7.82. The molecule has 1 saturated heterocycles. The number of piperidine rings is 1. The summed E-state index contributed by atoms with van der Waals surface area (Å²) in [7, 11) is 0. The van der Waals surface area contributed by atoms with Crippen LogP contribution in [0, 0.1) is 11.3 Å². The van der Waals surface area contributed by atoms with Gasteiger partial charge in [0.15, 0.2) is 0 Å². The Kier molecular flexibility index (Phi) is 5.02. The van der Waals surface area contributed by atoms with Crippen LogP contribution in [0.2, 0.25) is 0 Å². The molecule has 2 atom stereocenters. The molecular weight excluding hydrogens is 256 g/mol. The van der Waals surface area contributed by atoms with Crippen LogP contribution >= 0.6 is 0 Å². The number of nitrogens with one attached hydrogen (secondary N) is 2. The predicted octanol–water partition coefficient (Wildman–Crippen LogP) is 1.53. The van der Waals surface area contributed by atoms with Gasteiger partial charge in [0.1, 0.15) is 0 Å². The summed E-state index contributed by atoms with van der Waals surface area (Å²) < 4.78 is 0. The molecule has 0 aromatic heterocycles. The highest BCUT2D eigenvalue weighted by Gasteiger charge is 2.39. The molecule has 5 nitrogen and oxygen atoms in total. The molecule has 20 heavy (non-hydrogen) atoms. The normalized spacial score (nSPS) is 29.6. The molecule has 1 amide bonds. The topological polar surface area (TPSA) is 78.4 Å². The molecule has 1 saturated carbocycles. The lowest BCUT2D eigenvalue weighted by Gasteiger charge is -2.37. The smallest absolute Gasteiger partial charge is 0.306 e. The number of aliphatic carboxylic acids is 1. The quantitative estimate of drug-likeness (QED) is 0.730. The number of hydrogen-bond acceptors (Lipinski definition) is 3. The number of carbonyl (C=O) groups excluding carboxylic acids is 1.